The Kier molecular flexibility index (Phi) is 5.05. The van der Waals surface area contributed by atoms with E-state index in [1.54, 1.807) is 12.1 Å². The molecule has 3 N–H and O–H groups in total. The Morgan fingerprint density at radius 2 is 1.90 bits per heavy atom. The molecule has 1 rings (SSSR count). The van der Waals surface area contributed by atoms with Gasteiger partial charge in [0.2, 0.25) is 10.0 Å². The lowest BCUT2D eigenvalue weighted by Crippen LogP contribution is -2.31. The summed E-state index contributed by atoms with van der Waals surface area (Å²) in [7, 11) is -0.440. The van der Waals surface area contributed by atoms with Gasteiger partial charge in [-0.1, -0.05) is 13.3 Å². The molecule has 0 aliphatic heterocycles. The van der Waals surface area contributed by atoms with E-state index in [4.69, 9.17) is 5.73 Å². The van der Waals surface area contributed by atoms with Crippen LogP contribution in [0.5, 0.6) is 0 Å². The summed E-state index contributed by atoms with van der Waals surface area (Å²) in [5.41, 5.74) is 7.10. The molecule has 0 radical (unpaired) electrons. The fourth-order valence-corrected chi connectivity index (χ4v) is 3.02. The van der Waals surface area contributed by atoms with Crippen molar-refractivity contribution in [3.63, 3.8) is 0 Å². The van der Waals surface area contributed by atoms with E-state index >= 15 is 0 Å². The van der Waals surface area contributed by atoms with Gasteiger partial charge in [-0.15, -0.1) is 0 Å². The molecule has 0 aliphatic rings. The first-order valence-electron chi connectivity index (χ1n) is 6.70. The quantitative estimate of drug-likeness (QED) is 0.791. The van der Waals surface area contributed by atoms with Gasteiger partial charge in [0, 0.05) is 19.6 Å². The molecule has 0 saturated heterocycles. The molecule has 0 atom stereocenters. The van der Waals surface area contributed by atoms with Gasteiger partial charge in [-0.25, -0.2) is 12.7 Å². The Bertz CT molecular complexity index is 566. The number of rotatable bonds is 6. The van der Waals surface area contributed by atoms with Crippen LogP contribution in [0.25, 0.3) is 0 Å². The molecular weight excluding hydrogens is 274 g/mol. The number of nitrogens with two attached hydrogens (primary N) is 1. The molecule has 0 amide bonds. The van der Waals surface area contributed by atoms with Crippen molar-refractivity contribution in [1.82, 2.24) is 4.31 Å². The molecule has 0 saturated carbocycles. The van der Waals surface area contributed by atoms with E-state index in [9.17, 15) is 8.42 Å². The average Bonchev–Trinajstić information content (AvgIpc) is 2.31. The summed E-state index contributed by atoms with van der Waals surface area (Å²) in [6.07, 6.45) is 2.07. The van der Waals surface area contributed by atoms with Gasteiger partial charge in [0.25, 0.3) is 0 Å². The number of nitrogens with one attached hydrogen (secondary N) is 1. The molecule has 0 heterocycles. The molecular formula is C14H25N3O2S. The second-order valence-electron chi connectivity index (χ2n) is 5.80. The summed E-state index contributed by atoms with van der Waals surface area (Å²) in [5.74, 6) is 0. The summed E-state index contributed by atoms with van der Waals surface area (Å²) >= 11 is 0. The van der Waals surface area contributed by atoms with Crippen LogP contribution < -0.4 is 11.1 Å². The zero-order chi connectivity index (χ0) is 15.6. The lowest BCUT2D eigenvalue weighted by atomic mass is 9.98. The normalized spacial score (nSPS) is 12.7. The molecule has 20 heavy (non-hydrogen) atoms. The molecule has 114 valence electrons. The van der Waals surface area contributed by atoms with Gasteiger partial charge >= 0.3 is 0 Å². The molecule has 1 aromatic carbocycles. The van der Waals surface area contributed by atoms with E-state index in [0.29, 0.717) is 5.69 Å². The minimum Gasteiger partial charge on any atom is -0.397 e. The standard InChI is InChI=1S/C14H25N3O2S/c1-6-9-14(2,3)16-13-8-7-11(10-12(13)15)20(18,19)17(4)5/h7-8,10,16H,6,9,15H2,1-5H3. The van der Waals surface area contributed by atoms with Crippen molar-refractivity contribution < 1.29 is 8.42 Å². The molecule has 1 aromatic rings. The van der Waals surface area contributed by atoms with Crippen molar-refractivity contribution in [1.29, 1.82) is 0 Å². The molecule has 0 aromatic heterocycles. The van der Waals surface area contributed by atoms with Gasteiger partial charge in [-0.3, -0.25) is 0 Å². The smallest absolute Gasteiger partial charge is 0.242 e. The average molecular weight is 299 g/mol. The molecule has 5 nitrogen and oxygen atoms in total. The molecule has 0 bridgehead atoms. The van der Waals surface area contributed by atoms with Crippen LogP contribution >= 0.6 is 0 Å². The highest BCUT2D eigenvalue weighted by Gasteiger charge is 2.20. The Balaban J connectivity index is 3.07. The van der Waals surface area contributed by atoms with Crippen molar-refractivity contribution >= 4 is 21.4 Å². The highest BCUT2D eigenvalue weighted by Crippen LogP contribution is 2.27. The maximum atomic E-state index is 12.0. The first-order valence-corrected chi connectivity index (χ1v) is 8.14. The van der Waals surface area contributed by atoms with Crippen molar-refractivity contribution in [3.8, 4) is 0 Å². The highest BCUT2D eigenvalue weighted by atomic mass is 32.2. The van der Waals surface area contributed by atoms with Gasteiger partial charge in [-0.2, -0.15) is 0 Å². The maximum Gasteiger partial charge on any atom is 0.242 e. The third-order valence-electron chi connectivity index (χ3n) is 3.15. The zero-order valence-corrected chi connectivity index (χ0v) is 13.7. The van der Waals surface area contributed by atoms with E-state index < -0.39 is 10.0 Å². The number of hydrogen-bond acceptors (Lipinski definition) is 4. The summed E-state index contributed by atoms with van der Waals surface area (Å²) in [6, 6.07) is 4.80. The summed E-state index contributed by atoms with van der Waals surface area (Å²) < 4.78 is 25.2. The number of sulfonamides is 1. The molecule has 0 fully saturated rings. The largest absolute Gasteiger partial charge is 0.397 e. The first kappa shape index (κ1) is 16.8. The second-order valence-corrected chi connectivity index (χ2v) is 7.95. The van der Waals surface area contributed by atoms with Crippen molar-refractivity contribution in [2.45, 2.75) is 44.0 Å². The summed E-state index contributed by atoms with van der Waals surface area (Å²) in [4.78, 5) is 0.207. The molecule has 0 unspecified atom stereocenters. The third-order valence-corrected chi connectivity index (χ3v) is 4.96. The summed E-state index contributed by atoms with van der Waals surface area (Å²) in [5, 5.41) is 3.36. The maximum absolute atomic E-state index is 12.0. The molecule has 0 aliphatic carbocycles. The minimum absolute atomic E-state index is 0.0786. The number of hydrogen-bond donors (Lipinski definition) is 2. The third kappa shape index (κ3) is 3.86. The van der Waals surface area contributed by atoms with Crippen LogP contribution in [0.15, 0.2) is 23.1 Å². The lowest BCUT2D eigenvalue weighted by Gasteiger charge is -2.28. The number of nitrogens with zero attached hydrogens (tertiary/aromatic N) is 1. The SMILES string of the molecule is CCCC(C)(C)Nc1ccc(S(=O)(=O)N(C)C)cc1N. The number of benzene rings is 1. The number of anilines is 2. The van der Waals surface area contributed by atoms with Gasteiger partial charge in [0.1, 0.15) is 0 Å². The predicted octanol–water partition coefficient (Wildman–Crippen LogP) is 2.51. The van der Waals surface area contributed by atoms with Crippen molar-refractivity contribution in [3.05, 3.63) is 18.2 Å². The Hall–Kier alpha value is -1.27. The lowest BCUT2D eigenvalue weighted by molar-refractivity contribution is 0.511. The monoisotopic (exact) mass is 299 g/mol. The van der Waals surface area contributed by atoms with Crippen molar-refractivity contribution in [2.24, 2.45) is 0 Å². The Morgan fingerprint density at radius 3 is 2.35 bits per heavy atom. The van der Waals surface area contributed by atoms with E-state index in [0.717, 1.165) is 18.5 Å². The van der Waals surface area contributed by atoms with Crippen LogP contribution in [0.4, 0.5) is 11.4 Å². The van der Waals surface area contributed by atoms with E-state index in [1.807, 2.05) is 0 Å². The van der Waals surface area contributed by atoms with E-state index in [-0.39, 0.29) is 10.4 Å². The van der Waals surface area contributed by atoms with Crippen LogP contribution in [-0.4, -0.2) is 32.4 Å². The van der Waals surface area contributed by atoms with E-state index in [2.05, 4.69) is 26.1 Å². The fourth-order valence-electron chi connectivity index (χ4n) is 2.08. The molecule has 6 heteroatoms. The zero-order valence-electron chi connectivity index (χ0n) is 12.9. The molecule has 0 spiro atoms. The fraction of sp³-hybridized carbons (Fsp3) is 0.571. The Morgan fingerprint density at radius 1 is 1.30 bits per heavy atom. The van der Waals surface area contributed by atoms with Crippen LogP contribution in [0.1, 0.15) is 33.6 Å². The van der Waals surface area contributed by atoms with Gasteiger partial charge in [0.15, 0.2) is 0 Å². The summed E-state index contributed by atoms with van der Waals surface area (Å²) in [6.45, 7) is 6.32. The first-order chi connectivity index (χ1) is 9.10. The number of nitrogen functional groups attached to an aromatic ring is 1. The predicted molar refractivity (Wildman–Crippen MR) is 84.3 cm³/mol. The van der Waals surface area contributed by atoms with E-state index in [1.165, 1.54) is 24.5 Å². The van der Waals surface area contributed by atoms with Crippen LogP contribution in [0.3, 0.4) is 0 Å². The van der Waals surface area contributed by atoms with Crippen LogP contribution in [-0.2, 0) is 10.0 Å². The van der Waals surface area contributed by atoms with Gasteiger partial charge in [0.05, 0.1) is 16.3 Å². The highest BCUT2D eigenvalue weighted by molar-refractivity contribution is 7.89. The van der Waals surface area contributed by atoms with Crippen molar-refractivity contribution in [2.75, 3.05) is 25.1 Å². The second kappa shape index (κ2) is 6.01. The van der Waals surface area contributed by atoms with Gasteiger partial charge < -0.3 is 11.1 Å². The van der Waals surface area contributed by atoms with Crippen LogP contribution in [0, 0.1) is 0 Å². The Labute approximate surface area is 122 Å². The minimum atomic E-state index is -3.44. The van der Waals surface area contributed by atoms with Gasteiger partial charge in [-0.05, 0) is 38.5 Å². The van der Waals surface area contributed by atoms with Crippen LogP contribution in [0.2, 0.25) is 0 Å². The topological polar surface area (TPSA) is 75.4 Å².